The molecule has 0 N–H and O–H groups in total. The van der Waals surface area contributed by atoms with Gasteiger partial charge in [-0.2, -0.15) is 0 Å². The summed E-state index contributed by atoms with van der Waals surface area (Å²) < 4.78 is 84.0. The summed E-state index contributed by atoms with van der Waals surface area (Å²) in [7, 11) is -11.9. The van der Waals surface area contributed by atoms with E-state index in [-0.39, 0.29) is 33.9 Å². The van der Waals surface area contributed by atoms with Gasteiger partial charge in [0.1, 0.15) is 0 Å². The topological polar surface area (TPSA) is 102 Å². The maximum Gasteiger partial charge on any atom is 0.185 e. The van der Waals surface area contributed by atoms with Gasteiger partial charge in [-0.15, -0.1) is 37.9 Å². The molecule has 0 amide bonds. The van der Waals surface area contributed by atoms with E-state index in [0.29, 0.717) is 31.4 Å². The number of sulfone groups is 3. The molecule has 0 saturated heterocycles. The van der Waals surface area contributed by atoms with Crippen molar-refractivity contribution >= 4 is 67.4 Å². The second kappa shape index (κ2) is 14.3. The third kappa shape index (κ3) is 7.52. The lowest BCUT2D eigenvalue weighted by Gasteiger charge is -2.25. The molecule has 0 aliphatic carbocycles. The minimum Gasteiger partial charge on any atom is -0.223 e. The SMILES string of the molecule is CCC(c1cc(C(CC)S(=O)(=O)c2ccc(S)cc2)cc(C(CC)S(=O)(=O)c2ccc(S)cc2)c1)S(=O)(=O)c1ccc(S)cc1. The zero-order valence-corrected chi connectivity index (χ0v) is 30.2. The van der Waals surface area contributed by atoms with Crippen molar-refractivity contribution in [2.45, 2.75) is 85.2 Å². The van der Waals surface area contributed by atoms with Gasteiger partial charge in [0.05, 0.1) is 30.4 Å². The third-order valence-electron chi connectivity index (χ3n) is 7.85. The van der Waals surface area contributed by atoms with E-state index in [1.54, 1.807) is 75.4 Å². The molecule has 0 aliphatic rings. The fourth-order valence-corrected chi connectivity index (χ4v) is 11.3. The first-order chi connectivity index (χ1) is 21.2. The molecule has 0 fully saturated rings. The molecule has 0 aromatic heterocycles. The Hall–Kier alpha value is -2.22. The van der Waals surface area contributed by atoms with Crippen LogP contribution in [0.4, 0.5) is 0 Å². The van der Waals surface area contributed by atoms with Gasteiger partial charge >= 0.3 is 0 Å². The van der Waals surface area contributed by atoms with Gasteiger partial charge in [-0.1, -0.05) is 39.0 Å². The highest BCUT2D eigenvalue weighted by molar-refractivity contribution is 7.92. The van der Waals surface area contributed by atoms with Gasteiger partial charge in [0, 0.05) is 14.7 Å². The summed E-state index contributed by atoms with van der Waals surface area (Å²) in [4.78, 5) is 2.10. The fraction of sp³-hybridized carbons (Fsp3) is 0.273. The lowest BCUT2D eigenvalue weighted by molar-refractivity contribution is 0.578. The van der Waals surface area contributed by atoms with E-state index < -0.39 is 45.3 Å². The molecule has 3 atom stereocenters. The van der Waals surface area contributed by atoms with E-state index >= 15 is 0 Å². The van der Waals surface area contributed by atoms with E-state index in [1.165, 1.54) is 36.4 Å². The predicted octanol–water partition coefficient (Wildman–Crippen LogP) is 8.33. The molecule has 12 heteroatoms. The Bertz CT molecular complexity index is 1730. The van der Waals surface area contributed by atoms with Gasteiger partial charge in [-0.05, 0) is 109 Å². The average molecular weight is 721 g/mol. The van der Waals surface area contributed by atoms with Gasteiger partial charge < -0.3 is 0 Å². The second-order valence-electron chi connectivity index (χ2n) is 10.7. The van der Waals surface area contributed by atoms with E-state index in [9.17, 15) is 25.3 Å². The summed E-state index contributed by atoms with van der Waals surface area (Å²) in [6.07, 6.45) is 0.523. The van der Waals surface area contributed by atoms with Crippen LogP contribution in [-0.2, 0) is 29.5 Å². The minimum absolute atomic E-state index is 0.0946. The van der Waals surface area contributed by atoms with Crippen molar-refractivity contribution in [1.82, 2.24) is 0 Å². The maximum atomic E-state index is 14.0. The zero-order chi connectivity index (χ0) is 33.2. The van der Waals surface area contributed by atoms with E-state index in [0.717, 1.165) is 0 Å². The summed E-state index contributed by atoms with van der Waals surface area (Å²) >= 11 is 12.8. The fourth-order valence-electron chi connectivity index (χ4n) is 5.56. The summed E-state index contributed by atoms with van der Waals surface area (Å²) in [6.45, 7) is 5.21. The molecule has 240 valence electrons. The van der Waals surface area contributed by atoms with Crippen LogP contribution in [-0.4, -0.2) is 25.3 Å². The number of hydrogen-bond acceptors (Lipinski definition) is 9. The van der Waals surface area contributed by atoms with Crippen LogP contribution in [0.5, 0.6) is 0 Å². The van der Waals surface area contributed by atoms with Gasteiger partial charge in [0.15, 0.2) is 29.5 Å². The van der Waals surface area contributed by atoms with E-state index in [2.05, 4.69) is 37.9 Å². The molecule has 6 nitrogen and oxygen atoms in total. The number of thiol groups is 3. The van der Waals surface area contributed by atoms with Crippen LogP contribution in [0.15, 0.2) is 120 Å². The Morgan fingerprint density at radius 3 is 0.800 bits per heavy atom. The standard InChI is InChI=1S/C33H36O6S6/c1-4-31(43(34,35)28-13-7-25(40)8-14-28)22-19-23(32(5-2)44(36,37)29-15-9-26(41)10-16-29)21-24(20-22)33(6-3)45(38,39)30-17-11-27(42)12-18-30/h7-21,31-33,40-42H,4-6H2,1-3H3. The second-order valence-corrected chi connectivity index (χ2v) is 18.7. The predicted molar refractivity (Wildman–Crippen MR) is 188 cm³/mol. The van der Waals surface area contributed by atoms with Crippen LogP contribution < -0.4 is 0 Å². The molecule has 0 spiro atoms. The highest BCUT2D eigenvalue weighted by Gasteiger charge is 2.35. The highest BCUT2D eigenvalue weighted by Crippen LogP contribution is 2.41. The molecule has 45 heavy (non-hydrogen) atoms. The van der Waals surface area contributed by atoms with Crippen molar-refractivity contribution in [3.05, 3.63) is 108 Å². The minimum atomic E-state index is -3.95. The van der Waals surface area contributed by atoms with Crippen LogP contribution in [0, 0.1) is 0 Å². The molecule has 4 aromatic carbocycles. The summed E-state index contributed by atoms with van der Waals surface area (Å²) in [5, 5.41) is -3.18. The summed E-state index contributed by atoms with van der Waals surface area (Å²) in [6, 6.07) is 23.3. The largest absolute Gasteiger partial charge is 0.223 e. The molecule has 0 heterocycles. The van der Waals surface area contributed by atoms with Gasteiger partial charge in [-0.3, -0.25) is 0 Å². The monoisotopic (exact) mass is 720 g/mol. The van der Waals surface area contributed by atoms with Crippen LogP contribution >= 0.6 is 37.9 Å². The molecule has 0 bridgehead atoms. The Morgan fingerprint density at radius 2 is 0.622 bits per heavy atom. The lowest BCUT2D eigenvalue weighted by Crippen LogP contribution is -2.19. The molecule has 3 unspecified atom stereocenters. The van der Waals surface area contributed by atoms with Crippen molar-refractivity contribution in [1.29, 1.82) is 0 Å². The smallest absolute Gasteiger partial charge is 0.185 e. The Kier molecular flexibility index (Phi) is 11.3. The maximum absolute atomic E-state index is 14.0. The molecule has 0 aliphatic heterocycles. The van der Waals surface area contributed by atoms with Gasteiger partial charge in [-0.25, -0.2) is 25.3 Å². The van der Waals surface area contributed by atoms with Crippen LogP contribution in [0.3, 0.4) is 0 Å². The zero-order valence-electron chi connectivity index (χ0n) is 25.0. The quantitative estimate of drug-likeness (QED) is 0.127. The van der Waals surface area contributed by atoms with Gasteiger partial charge in [0.25, 0.3) is 0 Å². The van der Waals surface area contributed by atoms with E-state index in [1.807, 2.05) is 0 Å². The average Bonchev–Trinajstić information content (AvgIpc) is 2.98. The van der Waals surface area contributed by atoms with Crippen molar-refractivity contribution < 1.29 is 25.3 Å². The number of rotatable bonds is 12. The Labute approximate surface area is 283 Å². The van der Waals surface area contributed by atoms with Crippen molar-refractivity contribution in [2.75, 3.05) is 0 Å². The molecular weight excluding hydrogens is 685 g/mol. The number of hydrogen-bond donors (Lipinski definition) is 3. The first kappa shape index (κ1) is 35.6. The van der Waals surface area contributed by atoms with Gasteiger partial charge in [0.2, 0.25) is 0 Å². The Balaban J connectivity index is 1.97. The van der Waals surface area contributed by atoms with Crippen molar-refractivity contribution in [3.8, 4) is 0 Å². The van der Waals surface area contributed by atoms with Crippen LogP contribution in [0.2, 0.25) is 0 Å². The lowest BCUT2D eigenvalue weighted by atomic mass is 9.97. The summed E-state index contributed by atoms with van der Waals surface area (Å²) in [5.41, 5.74) is 0.996. The molecule has 4 aromatic rings. The van der Waals surface area contributed by atoms with E-state index in [4.69, 9.17) is 0 Å². The van der Waals surface area contributed by atoms with Crippen LogP contribution in [0.1, 0.15) is 72.5 Å². The Morgan fingerprint density at radius 1 is 0.422 bits per heavy atom. The molecule has 4 rings (SSSR count). The molecule has 0 radical (unpaired) electrons. The number of benzene rings is 4. The van der Waals surface area contributed by atoms with Crippen molar-refractivity contribution in [2.24, 2.45) is 0 Å². The van der Waals surface area contributed by atoms with Crippen LogP contribution in [0.25, 0.3) is 0 Å². The third-order valence-corrected chi connectivity index (χ3v) is 15.6. The first-order valence-electron chi connectivity index (χ1n) is 14.4. The summed E-state index contributed by atoms with van der Waals surface area (Å²) in [5.74, 6) is 0. The highest BCUT2D eigenvalue weighted by atomic mass is 32.2. The molecule has 0 saturated carbocycles. The first-order valence-corrected chi connectivity index (χ1v) is 20.4. The molecular formula is C33H36O6S6. The normalized spacial score (nSPS) is 14.5. The van der Waals surface area contributed by atoms with Crippen molar-refractivity contribution in [3.63, 3.8) is 0 Å².